The third-order valence-corrected chi connectivity index (χ3v) is 2.63. The normalized spacial score (nSPS) is 17.2. The Morgan fingerprint density at radius 1 is 1.00 bits per heavy atom. The number of rotatable bonds is 6. The molecule has 100 valence electrons. The van der Waals surface area contributed by atoms with Crippen LogP contribution in [0, 0.1) is 34.0 Å². The van der Waals surface area contributed by atoms with Crippen molar-refractivity contribution >= 4 is 0 Å². The van der Waals surface area contributed by atoms with Gasteiger partial charge >= 0.3 is 0 Å². The Balaban J connectivity index is 4.63. The van der Waals surface area contributed by atoms with E-state index >= 15 is 0 Å². The molecular formula is C14H24N4. The highest BCUT2D eigenvalue weighted by molar-refractivity contribution is 5.03. The molecule has 0 N–H and O–H groups in total. The maximum absolute atomic E-state index is 9.17. The minimum Gasteiger partial charge on any atom is -0.198 e. The minimum absolute atomic E-state index is 0.0421. The zero-order valence-corrected chi connectivity index (χ0v) is 12.4. The van der Waals surface area contributed by atoms with E-state index in [4.69, 9.17) is 10.5 Å². The van der Waals surface area contributed by atoms with Gasteiger partial charge in [-0.15, -0.1) is 0 Å². The van der Waals surface area contributed by atoms with Crippen LogP contribution in [0.15, 0.2) is 10.2 Å². The molecule has 0 aromatic rings. The van der Waals surface area contributed by atoms with Crippen LogP contribution < -0.4 is 0 Å². The van der Waals surface area contributed by atoms with E-state index in [9.17, 15) is 0 Å². The van der Waals surface area contributed by atoms with Crippen LogP contribution in [-0.4, -0.2) is 11.6 Å². The smallest absolute Gasteiger partial charge is 0.164 e. The van der Waals surface area contributed by atoms with E-state index in [-0.39, 0.29) is 6.04 Å². The van der Waals surface area contributed by atoms with Crippen LogP contribution in [0.5, 0.6) is 0 Å². The minimum atomic E-state index is -0.751. The first kappa shape index (κ1) is 16.6. The van der Waals surface area contributed by atoms with Crippen LogP contribution in [-0.2, 0) is 0 Å². The van der Waals surface area contributed by atoms with Crippen molar-refractivity contribution < 1.29 is 0 Å². The number of nitriles is 2. The average Bonchev–Trinajstić information content (AvgIpc) is 2.25. The highest BCUT2D eigenvalue weighted by Gasteiger charge is 2.26. The summed E-state index contributed by atoms with van der Waals surface area (Å²) < 4.78 is 0. The second-order valence-electron chi connectivity index (χ2n) is 6.25. The predicted octanol–water partition coefficient (Wildman–Crippen LogP) is 4.10. The number of hydrogen-bond acceptors (Lipinski definition) is 4. The van der Waals surface area contributed by atoms with Crippen molar-refractivity contribution in [1.29, 1.82) is 10.5 Å². The third-order valence-electron chi connectivity index (χ3n) is 2.63. The molecular weight excluding hydrogens is 224 g/mol. The summed E-state index contributed by atoms with van der Waals surface area (Å²) in [6.07, 6.45) is 1.34. The van der Waals surface area contributed by atoms with E-state index < -0.39 is 11.0 Å². The fourth-order valence-corrected chi connectivity index (χ4v) is 1.95. The Bertz CT molecular complexity index is 370. The highest BCUT2D eigenvalue weighted by atomic mass is 15.2. The van der Waals surface area contributed by atoms with E-state index in [0.29, 0.717) is 18.8 Å². The van der Waals surface area contributed by atoms with E-state index in [2.05, 4.69) is 36.2 Å². The van der Waals surface area contributed by atoms with E-state index in [0.717, 1.165) is 0 Å². The standard InChI is InChI=1S/C14H24N4/c1-11(2)7-14(6,10-16)18-17-12(3)8-13(4,5)9-15/h11-12H,7-8H2,1-6H3. The molecule has 0 radical (unpaired) electrons. The lowest BCUT2D eigenvalue weighted by Gasteiger charge is -2.20. The van der Waals surface area contributed by atoms with Gasteiger partial charge in [-0.05, 0) is 46.5 Å². The number of nitrogens with zero attached hydrogens (tertiary/aromatic N) is 4. The zero-order valence-electron chi connectivity index (χ0n) is 12.4. The molecule has 0 aromatic carbocycles. The van der Waals surface area contributed by atoms with Gasteiger partial charge in [0.05, 0.1) is 23.6 Å². The summed E-state index contributed by atoms with van der Waals surface area (Å²) in [7, 11) is 0. The first-order valence-corrected chi connectivity index (χ1v) is 6.38. The first-order valence-electron chi connectivity index (χ1n) is 6.38. The summed E-state index contributed by atoms with van der Waals surface area (Å²) in [6.45, 7) is 11.6. The summed E-state index contributed by atoms with van der Waals surface area (Å²) in [5.74, 6) is 0.402. The lowest BCUT2D eigenvalue weighted by molar-refractivity contribution is 0.382. The van der Waals surface area contributed by atoms with Gasteiger partial charge in [-0.2, -0.15) is 20.8 Å². The van der Waals surface area contributed by atoms with E-state index in [1.165, 1.54) is 0 Å². The van der Waals surface area contributed by atoms with Crippen LogP contribution in [0.25, 0.3) is 0 Å². The van der Waals surface area contributed by atoms with Crippen molar-refractivity contribution in [1.82, 2.24) is 0 Å². The maximum atomic E-state index is 9.17. The summed E-state index contributed by atoms with van der Waals surface area (Å²) in [4.78, 5) is 0. The lowest BCUT2D eigenvalue weighted by Crippen LogP contribution is -2.22. The molecule has 0 amide bonds. The highest BCUT2D eigenvalue weighted by Crippen LogP contribution is 2.25. The van der Waals surface area contributed by atoms with Gasteiger partial charge in [0.25, 0.3) is 0 Å². The molecule has 0 saturated carbocycles. The summed E-state index contributed by atoms with van der Waals surface area (Å²) in [5.41, 5.74) is -1.15. The molecule has 0 aliphatic heterocycles. The number of hydrogen-bond donors (Lipinski definition) is 0. The van der Waals surface area contributed by atoms with Crippen LogP contribution >= 0.6 is 0 Å². The second kappa shape index (κ2) is 6.50. The van der Waals surface area contributed by atoms with Gasteiger partial charge in [-0.3, -0.25) is 0 Å². The molecule has 0 aliphatic rings. The zero-order chi connectivity index (χ0) is 14.4. The van der Waals surface area contributed by atoms with Crippen molar-refractivity contribution in [2.24, 2.45) is 21.6 Å². The van der Waals surface area contributed by atoms with Gasteiger partial charge in [0, 0.05) is 0 Å². The van der Waals surface area contributed by atoms with Crippen LogP contribution in [0.3, 0.4) is 0 Å². The van der Waals surface area contributed by atoms with Crippen molar-refractivity contribution in [2.75, 3.05) is 0 Å². The van der Waals surface area contributed by atoms with Crippen molar-refractivity contribution in [3.05, 3.63) is 0 Å². The first-order chi connectivity index (χ1) is 8.14. The SMILES string of the molecule is CC(C)CC(C)(C#N)N=NC(C)CC(C)(C)C#N. The third kappa shape index (κ3) is 6.35. The fraction of sp³-hybridized carbons (Fsp3) is 0.857. The van der Waals surface area contributed by atoms with E-state index in [1.807, 2.05) is 20.8 Å². The van der Waals surface area contributed by atoms with Gasteiger partial charge in [0.15, 0.2) is 5.54 Å². The molecule has 0 aromatic heterocycles. The number of azo groups is 1. The van der Waals surface area contributed by atoms with Gasteiger partial charge in [-0.1, -0.05) is 13.8 Å². The largest absolute Gasteiger partial charge is 0.198 e. The van der Waals surface area contributed by atoms with Crippen molar-refractivity contribution in [3.63, 3.8) is 0 Å². The molecule has 0 rings (SSSR count). The van der Waals surface area contributed by atoms with E-state index in [1.54, 1.807) is 6.92 Å². The lowest BCUT2D eigenvalue weighted by atomic mass is 9.88. The Hall–Kier alpha value is -1.42. The second-order valence-corrected chi connectivity index (χ2v) is 6.25. The Labute approximate surface area is 111 Å². The summed E-state index contributed by atoms with van der Waals surface area (Å²) in [5, 5.41) is 26.5. The molecule has 0 spiro atoms. The molecule has 4 heteroatoms. The topological polar surface area (TPSA) is 72.3 Å². The van der Waals surface area contributed by atoms with Gasteiger partial charge < -0.3 is 0 Å². The van der Waals surface area contributed by atoms with Gasteiger partial charge in [-0.25, -0.2) is 0 Å². The monoisotopic (exact) mass is 248 g/mol. The fourth-order valence-electron chi connectivity index (χ4n) is 1.95. The Morgan fingerprint density at radius 3 is 1.94 bits per heavy atom. The van der Waals surface area contributed by atoms with Gasteiger partial charge in [0.1, 0.15) is 0 Å². The molecule has 0 heterocycles. The van der Waals surface area contributed by atoms with Crippen LogP contribution in [0.2, 0.25) is 0 Å². The molecule has 0 fully saturated rings. The average molecular weight is 248 g/mol. The summed E-state index contributed by atoms with van der Waals surface area (Å²) >= 11 is 0. The molecule has 18 heavy (non-hydrogen) atoms. The maximum Gasteiger partial charge on any atom is 0.164 e. The van der Waals surface area contributed by atoms with Crippen LogP contribution in [0.1, 0.15) is 54.4 Å². The quantitative estimate of drug-likeness (QED) is 0.664. The molecule has 4 nitrogen and oxygen atoms in total. The molecule has 0 bridgehead atoms. The van der Waals surface area contributed by atoms with Crippen molar-refractivity contribution in [3.8, 4) is 12.1 Å². The van der Waals surface area contributed by atoms with Crippen molar-refractivity contribution in [2.45, 2.75) is 66.0 Å². The van der Waals surface area contributed by atoms with Gasteiger partial charge in [0.2, 0.25) is 0 Å². The Kier molecular flexibility index (Phi) is 5.98. The molecule has 0 aliphatic carbocycles. The summed E-state index contributed by atoms with van der Waals surface area (Å²) in [6, 6.07) is 4.42. The van der Waals surface area contributed by atoms with Crippen LogP contribution in [0.4, 0.5) is 0 Å². The molecule has 0 saturated heterocycles. The molecule has 2 atom stereocenters. The Morgan fingerprint density at radius 2 is 1.56 bits per heavy atom. The predicted molar refractivity (Wildman–Crippen MR) is 71.8 cm³/mol. The molecule has 2 unspecified atom stereocenters.